The molecule has 0 saturated carbocycles. The van der Waals surface area contributed by atoms with Crippen molar-refractivity contribution in [2.24, 2.45) is 0 Å². The SMILES string of the molecule is COc1cccc(NC(=O)NCCS(=O)(=O)N2CCN(c3ncccn3)CC2)c1. The Morgan fingerprint density at radius 1 is 1.14 bits per heavy atom. The number of benzene rings is 1. The maximum absolute atomic E-state index is 12.5. The van der Waals surface area contributed by atoms with Crippen LogP contribution >= 0.6 is 0 Å². The fourth-order valence-corrected chi connectivity index (χ4v) is 4.26. The average Bonchev–Trinajstić information content (AvgIpc) is 2.74. The summed E-state index contributed by atoms with van der Waals surface area (Å²) in [4.78, 5) is 22.3. The topological polar surface area (TPSA) is 117 Å². The van der Waals surface area contributed by atoms with Gasteiger partial charge in [0.1, 0.15) is 5.75 Å². The van der Waals surface area contributed by atoms with Gasteiger partial charge in [-0.15, -0.1) is 0 Å². The summed E-state index contributed by atoms with van der Waals surface area (Å²) < 4.78 is 31.6. The van der Waals surface area contributed by atoms with E-state index in [-0.39, 0.29) is 12.3 Å². The molecule has 29 heavy (non-hydrogen) atoms. The van der Waals surface area contributed by atoms with Crippen LogP contribution in [0.3, 0.4) is 0 Å². The summed E-state index contributed by atoms with van der Waals surface area (Å²) in [5.41, 5.74) is 0.559. The third-order valence-corrected chi connectivity index (χ3v) is 6.31. The minimum Gasteiger partial charge on any atom is -0.497 e. The average molecular weight is 420 g/mol. The van der Waals surface area contributed by atoms with Gasteiger partial charge in [-0.05, 0) is 18.2 Å². The Hall–Kier alpha value is -2.92. The molecule has 1 aromatic heterocycles. The number of urea groups is 1. The van der Waals surface area contributed by atoms with E-state index in [1.54, 1.807) is 42.7 Å². The lowest BCUT2D eigenvalue weighted by Crippen LogP contribution is -2.50. The fraction of sp³-hybridized carbons (Fsp3) is 0.389. The summed E-state index contributed by atoms with van der Waals surface area (Å²) >= 11 is 0. The lowest BCUT2D eigenvalue weighted by atomic mass is 10.3. The zero-order valence-electron chi connectivity index (χ0n) is 16.1. The highest BCUT2D eigenvalue weighted by atomic mass is 32.2. The summed E-state index contributed by atoms with van der Waals surface area (Å²) in [6, 6.07) is 8.17. The molecular formula is C18H24N6O4S. The van der Waals surface area contributed by atoms with Gasteiger partial charge >= 0.3 is 6.03 Å². The molecule has 10 nitrogen and oxygen atoms in total. The van der Waals surface area contributed by atoms with Crippen LogP contribution in [0, 0.1) is 0 Å². The first-order valence-electron chi connectivity index (χ1n) is 9.16. The zero-order valence-corrected chi connectivity index (χ0v) is 16.9. The van der Waals surface area contributed by atoms with E-state index in [0.29, 0.717) is 43.6 Å². The van der Waals surface area contributed by atoms with E-state index in [1.807, 2.05) is 4.90 Å². The molecule has 0 bridgehead atoms. The van der Waals surface area contributed by atoms with Crippen molar-refractivity contribution in [3.63, 3.8) is 0 Å². The van der Waals surface area contributed by atoms with E-state index in [1.165, 1.54) is 11.4 Å². The first-order valence-corrected chi connectivity index (χ1v) is 10.8. The number of nitrogens with zero attached hydrogens (tertiary/aromatic N) is 4. The number of nitrogens with one attached hydrogen (secondary N) is 2. The third kappa shape index (κ3) is 5.78. The van der Waals surface area contributed by atoms with Gasteiger partial charge in [0.15, 0.2) is 0 Å². The number of aromatic nitrogens is 2. The van der Waals surface area contributed by atoms with Crippen LogP contribution in [0.25, 0.3) is 0 Å². The number of rotatable bonds is 7. The molecule has 1 aliphatic heterocycles. The predicted molar refractivity (Wildman–Crippen MR) is 110 cm³/mol. The Balaban J connectivity index is 1.43. The summed E-state index contributed by atoms with van der Waals surface area (Å²) in [6.07, 6.45) is 3.32. The minimum absolute atomic E-state index is 0.0140. The molecule has 2 amide bonds. The van der Waals surface area contributed by atoms with Crippen LogP contribution in [-0.2, 0) is 10.0 Å². The third-order valence-electron chi connectivity index (χ3n) is 4.44. The summed E-state index contributed by atoms with van der Waals surface area (Å²) in [5.74, 6) is 1.05. The highest BCUT2D eigenvalue weighted by molar-refractivity contribution is 7.89. The van der Waals surface area contributed by atoms with Gasteiger partial charge in [0.25, 0.3) is 0 Å². The van der Waals surface area contributed by atoms with E-state index in [0.717, 1.165) is 0 Å². The molecule has 0 unspecified atom stereocenters. The normalized spacial score (nSPS) is 15.0. The fourth-order valence-electron chi connectivity index (χ4n) is 2.92. The van der Waals surface area contributed by atoms with Crippen LogP contribution in [0.4, 0.5) is 16.4 Å². The van der Waals surface area contributed by atoms with Gasteiger partial charge in [-0.3, -0.25) is 0 Å². The molecular weight excluding hydrogens is 396 g/mol. The van der Waals surface area contributed by atoms with Crippen molar-refractivity contribution in [1.82, 2.24) is 19.6 Å². The van der Waals surface area contributed by atoms with Gasteiger partial charge in [0, 0.05) is 56.9 Å². The van der Waals surface area contributed by atoms with Gasteiger partial charge < -0.3 is 20.3 Å². The maximum atomic E-state index is 12.5. The second-order valence-corrected chi connectivity index (χ2v) is 8.45. The van der Waals surface area contributed by atoms with Crippen LogP contribution in [0.2, 0.25) is 0 Å². The second-order valence-electron chi connectivity index (χ2n) is 6.36. The molecule has 11 heteroatoms. The van der Waals surface area contributed by atoms with Gasteiger partial charge in [-0.1, -0.05) is 6.07 Å². The lowest BCUT2D eigenvalue weighted by molar-refractivity contribution is 0.252. The number of amides is 2. The standard InChI is InChI=1S/C18H24N6O4S/c1-28-16-5-2-4-15(14-16)22-18(25)21-8-13-29(26,27)24-11-9-23(10-12-24)17-19-6-3-7-20-17/h2-7,14H,8-13H2,1H3,(H2,21,22,25). The molecule has 0 spiro atoms. The van der Waals surface area contributed by atoms with Crippen LogP contribution in [-0.4, -0.2) is 74.3 Å². The number of carbonyl (C=O) groups excluding carboxylic acids is 1. The summed E-state index contributed by atoms with van der Waals surface area (Å²) in [7, 11) is -1.93. The maximum Gasteiger partial charge on any atom is 0.319 e. The number of sulfonamides is 1. The first-order chi connectivity index (χ1) is 14.0. The minimum atomic E-state index is -3.46. The van der Waals surface area contributed by atoms with Crippen LogP contribution in [0.5, 0.6) is 5.75 Å². The molecule has 2 aromatic rings. The highest BCUT2D eigenvalue weighted by Gasteiger charge is 2.27. The molecule has 1 fully saturated rings. The van der Waals surface area contributed by atoms with Gasteiger partial charge in [0.2, 0.25) is 16.0 Å². The number of hydrogen-bond acceptors (Lipinski definition) is 7. The Morgan fingerprint density at radius 2 is 1.86 bits per heavy atom. The Morgan fingerprint density at radius 3 is 2.55 bits per heavy atom. The van der Waals surface area contributed by atoms with Gasteiger partial charge in [0.05, 0.1) is 12.9 Å². The van der Waals surface area contributed by atoms with Crippen LogP contribution in [0.15, 0.2) is 42.7 Å². The van der Waals surface area contributed by atoms with Gasteiger partial charge in [-0.25, -0.2) is 23.2 Å². The quantitative estimate of drug-likeness (QED) is 0.679. The van der Waals surface area contributed by atoms with Crippen LogP contribution in [0.1, 0.15) is 0 Å². The molecule has 2 N–H and O–H groups in total. The monoisotopic (exact) mass is 420 g/mol. The van der Waals surface area contributed by atoms with Crippen molar-refractivity contribution in [2.75, 3.05) is 55.8 Å². The summed E-state index contributed by atoms with van der Waals surface area (Å²) in [5, 5.41) is 5.22. The number of hydrogen-bond donors (Lipinski definition) is 2. The van der Waals surface area contributed by atoms with Crippen molar-refractivity contribution >= 4 is 27.7 Å². The van der Waals surface area contributed by atoms with Crippen LogP contribution < -0.4 is 20.3 Å². The zero-order chi connectivity index (χ0) is 20.7. The number of anilines is 2. The molecule has 0 radical (unpaired) electrons. The Labute approximate surface area is 169 Å². The van der Waals surface area contributed by atoms with E-state index < -0.39 is 16.1 Å². The Bertz CT molecular complexity index is 917. The van der Waals surface area contributed by atoms with Crippen molar-refractivity contribution in [2.45, 2.75) is 0 Å². The molecule has 1 aliphatic rings. The van der Waals surface area contributed by atoms with Crippen molar-refractivity contribution in [3.05, 3.63) is 42.7 Å². The molecule has 0 aliphatic carbocycles. The van der Waals surface area contributed by atoms with Crippen molar-refractivity contribution in [1.29, 1.82) is 0 Å². The molecule has 3 rings (SSSR count). The smallest absolute Gasteiger partial charge is 0.319 e. The Kier molecular flexibility index (Phi) is 6.83. The number of methoxy groups -OCH3 is 1. The summed E-state index contributed by atoms with van der Waals surface area (Å²) in [6.45, 7) is 1.77. The largest absolute Gasteiger partial charge is 0.497 e. The van der Waals surface area contributed by atoms with E-state index in [2.05, 4.69) is 20.6 Å². The first kappa shape index (κ1) is 20.8. The van der Waals surface area contributed by atoms with Gasteiger partial charge in [-0.2, -0.15) is 4.31 Å². The lowest BCUT2D eigenvalue weighted by Gasteiger charge is -2.33. The second kappa shape index (κ2) is 9.52. The van der Waals surface area contributed by atoms with E-state index >= 15 is 0 Å². The van der Waals surface area contributed by atoms with Crippen molar-refractivity contribution < 1.29 is 17.9 Å². The number of piperazine rings is 1. The molecule has 1 saturated heterocycles. The van der Waals surface area contributed by atoms with E-state index in [4.69, 9.17) is 4.74 Å². The van der Waals surface area contributed by atoms with E-state index in [9.17, 15) is 13.2 Å². The molecule has 0 atom stereocenters. The predicted octanol–water partition coefficient (Wildman–Crippen LogP) is 0.759. The molecule has 1 aromatic carbocycles. The highest BCUT2D eigenvalue weighted by Crippen LogP contribution is 2.16. The number of ether oxygens (including phenoxy) is 1. The molecule has 156 valence electrons. The van der Waals surface area contributed by atoms with Crippen molar-refractivity contribution in [3.8, 4) is 5.75 Å². The number of carbonyl (C=O) groups is 1. The molecule has 2 heterocycles.